The molecule has 4 rings (SSSR count). The maximum absolute atomic E-state index is 13.0. The Kier molecular flexibility index (Phi) is 7.32. The van der Waals surface area contributed by atoms with Crippen molar-refractivity contribution in [1.29, 1.82) is 0 Å². The fourth-order valence-electron chi connectivity index (χ4n) is 3.16. The molecule has 2 heterocycles. The zero-order valence-corrected chi connectivity index (χ0v) is 18.8. The molecule has 2 aromatic carbocycles. The summed E-state index contributed by atoms with van der Waals surface area (Å²) in [5.74, 6) is 0.517. The van der Waals surface area contributed by atoms with Crippen molar-refractivity contribution >= 4 is 29.2 Å². The summed E-state index contributed by atoms with van der Waals surface area (Å²) in [7, 11) is 0. The molecule has 1 aliphatic heterocycles. The number of hydrogen-bond acceptors (Lipinski definition) is 6. The summed E-state index contributed by atoms with van der Waals surface area (Å²) in [6, 6.07) is 10.7. The van der Waals surface area contributed by atoms with E-state index in [0.29, 0.717) is 12.3 Å². The van der Waals surface area contributed by atoms with Gasteiger partial charge < -0.3 is 10.1 Å². The molecule has 0 amide bonds. The summed E-state index contributed by atoms with van der Waals surface area (Å²) < 4.78 is 44.6. The summed E-state index contributed by atoms with van der Waals surface area (Å²) in [5, 5.41) is 9.17. The molecular weight excluding hydrogens is 473 g/mol. The second kappa shape index (κ2) is 10.4. The molecule has 0 bridgehead atoms. The molecule has 0 aliphatic carbocycles. The Morgan fingerprint density at radius 2 is 1.91 bits per heavy atom. The summed E-state index contributed by atoms with van der Waals surface area (Å²) in [5.41, 5.74) is 1.21. The molecule has 5 nitrogen and oxygen atoms in total. The average molecular weight is 493 g/mol. The molecule has 3 aromatic rings. The Hall–Kier alpha value is -2.88. The maximum Gasteiger partial charge on any atom is 0.417 e. The minimum atomic E-state index is -4.54. The summed E-state index contributed by atoms with van der Waals surface area (Å²) in [6.45, 7) is 0.691. The van der Waals surface area contributed by atoms with Crippen LogP contribution < -0.4 is 15.4 Å². The minimum absolute atomic E-state index is 0.0738. The van der Waals surface area contributed by atoms with Crippen molar-refractivity contribution in [2.24, 2.45) is 4.99 Å². The third-order valence-corrected chi connectivity index (χ3v) is 5.92. The first-order valence-electron chi connectivity index (χ1n) is 10.1. The van der Waals surface area contributed by atoms with E-state index in [1.165, 1.54) is 12.1 Å². The molecule has 1 aromatic heterocycles. The second-order valence-corrected chi connectivity index (χ2v) is 8.65. The lowest BCUT2D eigenvalue weighted by Gasteiger charge is -2.19. The first-order chi connectivity index (χ1) is 15.9. The Morgan fingerprint density at radius 1 is 1.12 bits per heavy atom. The van der Waals surface area contributed by atoms with Gasteiger partial charge in [0.1, 0.15) is 11.5 Å². The van der Waals surface area contributed by atoms with Crippen LogP contribution in [-0.2, 0) is 19.0 Å². The number of ether oxygens (including phenoxy) is 1. The minimum Gasteiger partial charge on any atom is -0.457 e. The predicted octanol–water partition coefficient (Wildman–Crippen LogP) is 5.82. The highest BCUT2D eigenvalue weighted by Gasteiger charge is 2.33. The number of thiazole rings is 1. The number of nitrogens with zero attached hydrogens (tertiary/aromatic N) is 2. The fraction of sp³-hybridized carbons (Fsp3) is 0.217. The van der Waals surface area contributed by atoms with Crippen LogP contribution >= 0.6 is 22.9 Å². The van der Waals surface area contributed by atoms with E-state index in [0.717, 1.165) is 35.1 Å². The van der Waals surface area contributed by atoms with Crippen molar-refractivity contribution in [1.82, 2.24) is 15.6 Å². The lowest BCUT2D eigenvalue weighted by molar-refractivity contribution is -0.137. The van der Waals surface area contributed by atoms with Gasteiger partial charge in [0.25, 0.3) is 0 Å². The quantitative estimate of drug-likeness (QED) is 0.416. The molecule has 1 atom stereocenters. The van der Waals surface area contributed by atoms with Crippen LogP contribution in [0.3, 0.4) is 0 Å². The maximum atomic E-state index is 13.0. The van der Waals surface area contributed by atoms with Crippen molar-refractivity contribution in [3.8, 4) is 11.5 Å². The molecule has 0 spiro atoms. The smallest absolute Gasteiger partial charge is 0.417 e. The highest BCUT2D eigenvalue weighted by atomic mass is 35.5. The van der Waals surface area contributed by atoms with Gasteiger partial charge in [-0.2, -0.15) is 13.2 Å². The zero-order valence-electron chi connectivity index (χ0n) is 17.3. The number of allylic oxidation sites excluding steroid dienone is 1. The molecule has 1 aliphatic rings. The van der Waals surface area contributed by atoms with Crippen molar-refractivity contribution in [3.63, 3.8) is 0 Å². The fourth-order valence-corrected chi connectivity index (χ4v) is 4.03. The van der Waals surface area contributed by atoms with Crippen LogP contribution in [0, 0.1) is 0 Å². The first-order valence-corrected chi connectivity index (χ1v) is 11.4. The highest BCUT2D eigenvalue weighted by molar-refractivity contribution is 7.09. The Bertz CT molecular complexity index is 1130. The molecule has 0 saturated carbocycles. The van der Waals surface area contributed by atoms with Crippen LogP contribution in [0.25, 0.3) is 0 Å². The Morgan fingerprint density at radius 3 is 2.58 bits per heavy atom. The summed E-state index contributed by atoms with van der Waals surface area (Å²) in [6.07, 6.45) is 2.36. The van der Waals surface area contributed by atoms with E-state index >= 15 is 0 Å². The second-order valence-electron chi connectivity index (χ2n) is 7.26. The van der Waals surface area contributed by atoms with Gasteiger partial charge >= 0.3 is 6.18 Å². The van der Waals surface area contributed by atoms with Crippen LogP contribution in [0.5, 0.6) is 11.5 Å². The number of aromatic nitrogens is 1. The van der Waals surface area contributed by atoms with Gasteiger partial charge in [-0.25, -0.2) is 4.98 Å². The summed E-state index contributed by atoms with van der Waals surface area (Å²) >= 11 is 7.26. The molecular formula is C23H20ClF3N4OS. The van der Waals surface area contributed by atoms with Crippen molar-refractivity contribution < 1.29 is 17.9 Å². The lowest BCUT2D eigenvalue weighted by Crippen LogP contribution is -2.41. The highest BCUT2D eigenvalue weighted by Crippen LogP contribution is 2.37. The molecule has 172 valence electrons. The standard InChI is InChI=1S/C23H20ClF3N4OS/c24-20-6-5-18(12-19(20)23(25,26)27)32-17-3-1-15(2-4-17)7-8-29-22-30-13-16(14-31-22)11-21-28-9-10-33-21/h1-6,9-10,12-14,22,29-30H,7-8,11H2. The number of rotatable bonds is 8. The number of benzene rings is 2. The molecule has 33 heavy (non-hydrogen) atoms. The largest absolute Gasteiger partial charge is 0.457 e. The SMILES string of the molecule is FC(F)(F)c1cc(Oc2ccc(CCNC3N=CC(Cc4nccs4)=CN3)cc2)ccc1Cl. The van der Waals surface area contributed by atoms with Crippen LogP contribution in [0.15, 0.2) is 70.8 Å². The van der Waals surface area contributed by atoms with Crippen LogP contribution in [0.2, 0.25) is 5.02 Å². The Balaban J connectivity index is 1.24. The number of nitrogens with one attached hydrogen (secondary N) is 2. The van der Waals surface area contributed by atoms with Crippen molar-refractivity contribution in [2.75, 3.05) is 6.54 Å². The van der Waals surface area contributed by atoms with E-state index in [2.05, 4.69) is 20.6 Å². The first kappa shape index (κ1) is 23.3. The predicted molar refractivity (Wildman–Crippen MR) is 124 cm³/mol. The van der Waals surface area contributed by atoms with Crippen molar-refractivity contribution in [2.45, 2.75) is 25.3 Å². The Labute approximate surface area is 198 Å². The van der Waals surface area contributed by atoms with Crippen LogP contribution in [0.4, 0.5) is 13.2 Å². The normalized spacial score (nSPS) is 15.8. The van der Waals surface area contributed by atoms with Crippen LogP contribution in [-0.4, -0.2) is 24.0 Å². The van der Waals surface area contributed by atoms with Gasteiger partial charge in [0.15, 0.2) is 6.29 Å². The van der Waals surface area contributed by atoms with Gasteiger partial charge in [0, 0.05) is 37.0 Å². The third-order valence-electron chi connectivity index (χ3n) is 4.81. The third kappa shape index (κ3) is 6.56. The van der Waals surface area contributed by atoms with E-state index in [-0.39, 0.29) is 17.1 Å². The average Bonchev–Trinajstić information content (AvgIpc) is 3.30. The van der Waals surface area contributed by atoms with Gasteiger partial charge in [-0.1, -0.05) is 23.7 Å². The lowest BCUT2D eigenvalue weighted by atomic mass is 10.1. The number of halogens is 4. The van der Waals surface area contributed by atoms with E-state index < -0.39 is 11.7 Å². The number of hydrogen-bond donors (Lipinski definition) is 2. The molecule has 0 radical (unpaired) electrons. The van der Waals surface area contributed by atoms with E-state index in [1.54, 1.807) is 29.7 Å². The van der Waals surface area contributed by atoms with Crippen molar-refractivity contribution in [3.05, 3.63) is 87.0 Å². The molecule has 0 saturated heterocycles. The summed E-state index contributed by atoms with van der Waals surface area (Å²) in [4.78, 5) is 8.74. The number of aliphatic imine (C=N–C) groups is 1. The van der Waals surface area contributed by atoms with E-state index in [1.807, 2.05) is 29.9 Å². The van der Waals surface area contributed by atoms with Crippen LogP contribution in [0.1, 0.15) is 16.1 Å². The zero-order chi connectivity index (χ0) is 23.3. The van der Waals surface area contributed by atoms with Gasteiger partial charge in [-0.05, 0) is 47.9 Å². The van der Waals surface area contributed by atoms with Gasteiger partial charge in [-0.15, -0.1) is 11.3 Å². The van der Waals surface area contributed by atoms with E-state index in [4.69, 9.17) is 16.3 Å². The van der Waals surface area contributed by atoms with Gasteiger partial charge in [0.2, 0.25) is 0 Å². The number of alkyl halides is 3. The molecule has 1 unspecified atom stereocenters. The monoisotopic (exact) mass is 492 g/mol. The van der Waals surface area contributed by atoms with Gasteiger partial charge in [-0.3, -0.25) is 10.3 Å². The topological polar surface area (TPSA) is 58.5 Å². The molecule has 10 heteroatoms. The molecule has 2 N–H and O–H groups in total. The van der Waals surface area contributed by atoms with Gasteiger partial charge in [0.05, 0.1) is 15.6 Å². The molecule has 0 fully saturated rings. The van der Waals surface area contributed by atoms with E-state index in [9.17, 15) is 13.2 Å².